The Morgan fingerprint density at radius 2 is 1.90 bits per heavy atom. The van der Waals surface area contributed by atoms with Crippen molar-refractivity contribution >= 4 is 27.8 Å². The lowest BCUT2D eigenvalue weighted by Gasteiger charge is -2.11. The molecule has 0 fully saturated rings. The molecule has 7 nitrogen and oxygen atoms in total. The number of anilines is 1. The fraction of sp³-hybridized carbons (Fsp3) is 0.348. The molecule has 0 aliphatic heterocycles. The standard InChI is InChI=1S/C23H27N5O2/c1-29-14-10-20-27-21-22(18-8-2-3-9-19(18)26-23(21)24)28(20)12-15-30-13-5-7-17-6-4-11-25-16-17/h2-4,6,8-9,11,16H,5,7,10,12-15H2,1H3,(H2,24,26). The molecule has 0 aliphatic rings. The van der Waals surface area contributed by atoms with Gasteiger partial charge in [0, 0.05) is 44.5 Å². The fourth-order valence-corrected chi connectivity index (χ4v) is 3.71. The van der Waals surface area contributed by atoms with Crippen LogP contribution in [0.2, 0.25) is 0 Å². The Hall–Kier alpha value is -3.03. The lowest BCUT2D eigenvalue weighted by Crippen LogP contribution is -2.12. The number of hydrogen-bond acceptors (Lipinski definition) is 6. The number of hydrogen-bond donors (Lipinski definition) is 1. The van der Waals surface area contributed by atoms with Gasteiger partial charge in [-0.25, -0.2) is 9.97 Å². The number of nitrogen functional groups attached to an aromatic ring is 1. The number of methoxy groups -OCH3 is 1. The van der Waals surface area contributed by atoms with E-state index >= 15 is 0 Å². The molecule has 1 aromatic carbocycles. The second-order valence-corrected chi connectivity index (χ2v) is 7.21. The number of ether oxygens (including phenoxy) is 2. The molecule has 0 aliphatic carbocycles. The van der Waals surface area contributed by atoms with Crippen LogP contribution in [0.25, 0.3) is 21.9 Å². The molecule has 0 bridgehead atoms. The van der Waals surface area contributed by atoms with Crippen molar-refractivity contribution in [3.8, 4) is 0 Å². The summed E-state index contributed by atoms with van der Waals surface area (Å²) in [5.74, 6) is 1.40. The van der Waals surface area contributed by atoms with Crippen LogP contribution in [0, 0.1) is 0 Å². The molecule has 3 aromatic heterocycles. The van der Waals surface area contributed by atoms with E-state index in [1.807, 2.05) is 30.5 Å². The van der Waals surface area contributed by atoms with Gasteiger partial charge >= 0.3 is 0 Å². The summed E-state index contributed by atoms with van der Waals surface area (Å²) in [4.78, 5) is 13.5. The molecular formula is C23H27N5O2. The van der Waals surface area contributed by atoms with Crippen molar-refractivity contribution in [2.45, 2.75) is 25.8 Å². The maximum Gasteiger partial charge on any atom is 0.152 e. The molecule has 2 N–H and O–H groups in total. The lowest BCUT2D eigenvalue weighted by molar-refractivity contribution is 0.124. The van der Waals surface area contributed by atoms with Crippen LogP contribution < -0.4 is 5.73 Å². The summed E-state index contributed by atoms with van der Waals surface area (Å²) in [6, 6.07) is 12.1. The molecule has 4 aromatic rings. The highest BCUT2D eigenvalue weighted by molar-refractivity contribution is 6.06. The Bertz CT molecular complexity index is 1110. The number of pyridine rings is 2. The third-order valence-corrected chi connectivity index (χ3v) is 5.16. The first-order valence-corrected chi connectivity index (χ1v) is 10.3. The summed E-state index contributed by atoms with van der Waals surface area (Å²) < 4.78 is 13.4. The number of benzene rings is 1. The van der Waals surface area contributed by atoms with Crippen molar-refractivity contribution < 1.29 is 9.47 Å². The van der Waals surface area contributed by atoms with Crippen LogP contribution >= 0.6 is 0 Å². The van der Waals surface area contributed by atoms with Crippen LogP contribution in [0.15, 0.2) is 48.8 Å². The second kappa shape index (κ2) is 9.65. The van der Waals surface area contributed by atoms with Crippen molar-refractivity contribution in [3.63, 3.8) is 0 Å². The van der Waals surface area contributed by atoms with Crippen molar-refractivity contribution in [1.82, 2.24) is 19.5 Å². The molecule has 30 heavy (non-hydrogen) atoms. The summed E-state index contributed by atoms with van der Waals surface area (Å²) in [5, 5.41) is 1.05. The van der Waals surface area contributed by atoms with Gasteiger partial charge in [-0.1, -0.05) is 24.3 Å². The van der Waals surface area contributed by atoms with Gasteiger partial charge in [-0.15, -0.1) is 0 Å². The first-order valence-electron chi connectivity index (χ1n) is 10.3. The van der Waals surface area contributed by atoms with E-state index in [0.717, 1.165) is 40.6 Å². The molecule has 4 rings (SSSR count). The molecule has 0 saturated heterocycles. The van der Waals surface area contributed by atoms with Gasteiger partial charge in [0.25, 0.3) is 0 Å². The van der Waals surface area contributed by atoms with Gasteiger partial charge in [-0.05, 0) is 30.5 Å². The summed E-state index contributed by atoms with van der Waals surface area (Å²) in [7, 11) is 1.70. The van der Waals surface area contributed by atoms with E-state index < -0.39 is 0 Å². The van der Waals surface area contributed by atoms with Crippen LogP contribution in [0.4, 0.5) is 5.82 Å². The average Bonchev–Trinajstić information content (AvgIpc) is 3.15. The fourth-order valence-electron chi connectivity index (χ4n) is 3.71. The zero-order valence-electron chi connectivity index (χ0n) is 17.3. The monoisotopic (exact) mass is 405 g/mol. The third-order valence-electron chi connectivity index (χ3n) is 5.16. The maximum absolute atomic E-state index is 6.23. The highest BCUT2D eigenvalue weighted by atomic mass is 16.5. The van der Waals surface area contributed by atoms with E-state index in [-0.39, 0.29) is 0 Å². The zero-order chi connectivity index (χ0) is 20.8. The first kappa shape index (κ1) is 20.3. The Balaban J connectivity index is 1.49. The number of aromatic nitrogens is 4. The predicted molar refractivity (Wildman–Crippen MR) is 118 cm³/mol. The zero-order valence-corrected chi connectivity index (χ0v) is 17.3. The highest BCUT2D eigenvalue weighted by Gasteiger charge is 2.17. The van der Waals surface area contributed by atoms with Gasteiger partial charge in [-0.2, -0.15) is 0 Å². The number of aryl methyl sites for hydroxylation is 1. The van der Waals surface area contributed by atoms with Gasteiger partial charge in [0.15, 0.2) is 5.82 Å². The van der Waals surface area contributed by atoms with Crippen LogP contribution in [0.3, 0.4) is 0 Å². The van der Waals surface area contributed by atoms with E-state index in [1.165, 1.54) is 5.56 Å². The van der Waals surface area contributed by atoms with E-state index in [0.29, 0.717) is 38.6 Å². The molecular weight excluding hydrogens is 378 g/mol. The van der Waals surface area contributed by atoms with Crippen LogP contribution in [-0.4, -0.2) is 46.4 Å². The Morgan fingerprint density at radius 3 is 2.73 bits per heavy atom. The quantitative estimate of drug-likeness (QED) is 0.407. The normalized spacial score (nSPS) is 11.5. The van der Waals surface area contributed by atoms with Gasteiger partial charge in [0.05, 0.1) is 24.2 Å². The largest absolute Gasteiger partial charge is 0.384 e. The molecule has 0 unspecified atom stereocenters. The van der Waals surface area contributed by atoms with Gasteiger partial charge in [-0.3, -0.25) is 4.98 Å². The number of nitrogens with two attached hydrogens (primary N) is 1. The number of nitrogens with zero attached hydrogens (tertiary/aromatic N) is 4. The molecule has 0 amide bonds. The summed E-state index contributed by atoms with van der Waals surface area (Å²) in [6.45, 7) is 2.62. The van der Waals surface area contributed by atoms with E-state index in [4.69, 9.17) is 20.2 Å². The SMILES string of the molecule is COCCc1nc2c(N)nc3ccccc3c2n1CCOCCCc1cccnc1. The van der Waals surface area contributed by atoms with Gasteiger partial charge < -0.3 is 19.8 Å². The minimum Gasteiger partial charge on any atom is -0.384 e. The molecule has 156 valence electrons. The Kier molecular flexibility index (Phi) is 6.51. The summed E-state index contributed by atoms with van der Waals surface area (Å²) in [5.41, 5.74) is 10.1. The average molecular weight is 406 g/mol. The number of fused-ring (bicyclic) bond motifs is 3. The Labute approximate surface area is 175 Å². The summed E-state index contributed by atoms with van der Waals surface area (Å²) in [6.07, 6.45) is 6.34. The number of para-hydroxylation sites is 1. The van der Waals surface area contributed by atoms with E-state index in [1.54, 1.807) is 13.3 Å². The highest BCUT2D eigenvalue weighted by Crippen LogP contribution is 2.28. The third kappa shape index (κ3) is 4.42. The van der Waals surface area contributed by atoms with Crippen molar-refractivity contribution in [2.75, 3.05) is 32.7 Å². The van der Waals surface area contributed by atoms with Crippen LogP contribution in [-0.2, 0) is 28.9 Å². The molecule has 0 radical (unpaired) electrons. The molecule has 0 spiro atoms. The van der Waals surface area contributed by atoms with E-state index in [9.17, 15) is 0 Å². The minimum absolute atomic E-state index is 0.457. The van der Waals surface area contributed by atoms with Crippen molar-refractivity contribution in [1.29, 1.82) is 0 Å². The smallest absolute Gasteiger partial charge is 0.152 e. The van der Waals surface area contributed by atoms with Crippen molar-refractivity contribution in [3.05, 3.63) is 60.2 Å². The van der Waals surface area contributed by atoms with E-state index in [2.05, 4.69) is 26.7 Å². The summed E-state index contributed by atoms with van der Waals surface area (Å²) >= 11 is 0. The number of rotatable bonds is 10. The maximum atomic E-state index is 6.23. The van der Waals surface area contributed by atoms with Crippen molar-refractivity contribution in [2.24, 2.45) is 0 Å². The second-order valence-electron chi connectivity index (χ2n) is 7.21. The molecule has 3 heterocycles. The lowest BCUT2D eigenvalue weighted by atomic mass is 10.2. The van der Waals surface area contributed by atoms with Gasteiger partial charge in [0.2, 0.25) is 0 Å². The van der Waals surface area contributed by atoms with Crippen LogP contribution in [0.5, 0.6) is 0 Å². The molecule has 0 atom stereocenters. The topological polar surface area (TPSA) is 88.1 Å². The molecule has 0 saturated carbocycles. The first-order chi connectivity index (χ1) is 14.8. The predicted octanol–water partition coefficient (Wildman–Crippen LogP) is 3.40. The van der Waals surface area contributed by atoms with Gasteiger partial charge in [0.1, 0.15) is 11.3 Å². The minimum atomic E-state index is 0.457. The number of imidazole rings is 1. The Morgan fingerprint density at radius 1 is 1.00 bits per heavy atom. The van der Waals surface area contributed by atoms with Crippen LogP contribution in [0.1, 0.15) is 17.8 Å². The molecule has 7 heteroatoms.